The van der Waals surface area contributed by atoms with E-state index in [1.165, 1.54) is 0 Å². The van der Waals surface area contributed by atoms with Crippen LogP contribution in [0.2, 0.25) is 0 Å². The zero-order valence-electron chi connectivity index (χ0n) is 16.2. The molecule has 0 amide bonds. The number of sulfonamides is 1. The smallest absolute Gasteiger partial charge is 0.243 e. The van der Waals surface area contributed by atoms with Gasteiger partial charge in [-0.1, -0.05) is 17.7 Å². The third kappa shape index (κ3) is 3.60. The summed E-state index contributed by atoms with van der Waals surface area (Å²) in [6.45, 7) is 3.34. The third-order valence-corrected chi connectivity index (χ3v) is 7.46. The summed E-state index contributed by atoms with van der Waals surface area (Å²) in [5.74, 6) is 1.99. The maximum absolute atomic E-state index is 12.8. The highest BCUT2D eigenvalue weighted by molar-refractivity contribution is 7.89. The van der Waals surface area contributed by atoms with Crippen LogP contribution < -0.4 is 4.74 Å². The molecule has 0 radical (unpaired) electrons. The first kappa shape index (κ1) is 18.5. The van der Waals surface area contributed by atoms with Gasteiger partial charge in [-0.25, -0.2) is 8.42 Å². The Balaban J connectivity index is 1.24. The molecule has 5 rings (SSSR count). The second-order valence-corrected chi connectivity index (χ2v) is 9.85. The van der Waals surface area contributed by atoms with E-state index in [1.807, 2.05) is 25.1 Å². The molecule has 2 fully saturated rings. The summed E-state index contributed by atoms with van der Waals surface area (Å²) in [5, 5.41) is 12.9. The molecule has 2 aliphatic rings. The van der Waals surface area contributed by atoms with Crippen molar-refractivity contribution in [1.82, 2.24) is 24.1 Å². The molecule has 1 aliphatic carbocycles. The molecular formula is C20H23N5O3S. The molecule has 0 spiro atoms. The monoisotopic (exact) mass is 413 g/mol. The van der Waals surface area contributed by atoms with Gasteiger partial charge in [0.25, 0.3) is 0 Å². The highest BCUT2D eigenvalue weighted by Crippen LogP contribution is 2.38. The van der Waals surface area contributed by atoms with Gasteiger partial charge in [-0.3, -0.25) is 0 Å². The fourth-order valence-corrected chi connectivity index (χ4v) is 5.21. The maximum Gasteiger partial charge on any atom is 0.243 e. The Morgan fingerprint density at radius 2 is 1.86 bits per heavy atom. The van der Waals surface area contributed by atoms with Crippen LogP contribution in [0.15, 0.2) is 41.3 Å². The molecule has 3 aromatic rings. The summed E-state index contributed by atoms with van der Waals surface area (Å²) in [5.41, 5.74) is 1.76. The van der Waals surface area contributed by atoms with E-state index in [2.05, 4.69) is 15.3 Å². The molecular weight excluding hydrogens is 390 g/mol. The fraction of sp³-hybridized carbons (Fsp3) is 0.450. The molecule has 1 unspecified atom stereocenters. The zero-order valence-corrected chi connectivity index (χ0v) is 17.0. The van der Waals surface area contributed by atoms with Gasteiger partial charge in [0.15, 0.2) is 11.5 Å². The van der Waals surface area contributed by atoms with Gasteiger partial charge in [-0.15, -0.1) is 15.3 Å². The number of aryl methyl sites for hydroxylation is 1. The van der Waals surface area contributed by atoms with E-state index in [-0.39, 0.29) is 5.92 Å². The van der Waals surface area contributed by atoms with Crippen LogP contribution in [-0.2, 0) is 10.0 Å². The molecule has 9 heteroatoms. The summed E-state index contributed by atoms with van der Waals surface area (Å²) in [6, 6.07) is 10.6. The highest BCUT2D eigenvalue weighted by Gasteiger charge is 2.33. The van der Waals surface area contributed by atoms with Crippen molar-refractivity contribution in [2.75, 3.05) is 19.7 Å². The molecule has 1 saturated heterocycles. The summed E-state index contributed by atoms with van der Waals surface area (Å²) in [4.78, 5) is 0.344. The topological polar surface area (TPSA) is 89.7 Å². The molecule has 0 bridgehead atoms. The summed E-state index contributed by atoms with van der Waals surface area (Å²) in [7, 11) is -3.46. The predicted octanol–water partition coefficient (Wildman–Crippen LogP) is 2.40. The summed E-state index contributed by atoms with van der Waals surface area (Å²) in [6.07, 6.45) is 3.02. The third-order valence-electron chi connectivity index (χ3n) is 5.58. The Morgan fingerprint density at radius 3 is 2.62 bits per heavy atom. The van der Waals surface area contributed by atoms with Gasteiger partial charge < -0.3 is 4.74 Å². The lowest BCUT2D eigenvalue weighted by Crippen LogP contribution is -2.29. The second-order valence-electron chi connectivity index (χ2n) is 7.92. The predicted molar refractivity (Wildman–Crippen MR) is 106 cm³/mol. The van der Waals surface area contributed by atoms with E-state index in [4.69, 9.17) is 4.74 Å². The van der Waals surface area contributed by atoms with Crippen LogP contribution in [0, 0.1) is 12.8 Å². The molecule has 8 nitrogen and oxygen atoms in total. The van der Waals surface area contributed by atoms with Crippen LogP contribution in [-0.4, -0.2) is 52.2 Å². The molecule has 1 aliphatic heterocycles. The van der Waals surface area contributed by atoms with Gasteiger partial charge in [0.1, 0.15) is 0 Å². The zero-order chi connectivity index (χ0) is 20.0. The van der Waals surface area contributed by atoms with Gasteiger partial charge in [-0.05, 0) is 44.4 Å². The Kier molecular flexibility index (Phi) is 4.51. The van der Waals surface area contributed by atoms with Crippen molar-refractivity contribution in [3.05, 3.63) is 47.8 Å². The van der Waals surface area contributed by atoms with E-state index in [0.717, 1.165) is 36.3 Å². The first-order valence-electron chi connectivity index (χ1n) is 9.93. The molecule has 0 N–H and O–H groups in total. The number of fused-ring (bicyclic) bond motifs is 1. The number of hydrogen-bond donors (Lipinski definition) is 0. The van der Waals surface area contributed by atoms with Crippen LogP contribution in [0.5, 0.6) is 5.88 Å². The van der Waals surface area contributed by atoms with E-state index >= 15 is 0 Å². The highest BCUT2D eigenvalue weighted by atomic mass is 32.2. The Morgan fingerprint density at radius 1 is 1.07 bits per heavy atom. The normalized spacial score (nSPS) is 20.4. The molecule has 2 aromatic heterocycles. The van der Waals surface area contributed by atoms with Crippen LogP contribution in [0.3, 0.4) is 0 Å². The molecule has 152 valence electrons. The number of benzene rings is 1. The van der Waals surface area contributed by atoms with Gasteiger partial charge in [-0.2, -0.15) is 8.82 Å². The van der Waals surface area contributed by atoms with Crippen LogP contribution in [0.1, 0.15) is 36.6 Å². The Hall–Kier alpha value is -2.52. The van der Waals surface area contributed by atoms with Crippen molar-refractivity contribution in [3.8, 4) is 5.88 Å². The number of aromatic nitrogens is 4. The van der Waals surface area contributed by atoms with Crippen molar-refractivity contribution in [2.24, 2.45) is 5.92 Å². The largest absolute Gasteiger partial charge is 0.476 e. The second kappa shape index (κ2) is 7.07. The van der Waals surface area contributed by atoms with Crippen molar-refractivity contribution >= 4 is 15.7 Å². The van der Waals surface area contributed by atoms with Crippen LogP contribution >= 0.6 is 0 Å². The number of ether oxygens (including phenoxy) is 1. The minimum atomic E-state index is -3.46. The fourth-order valence-electron chi connectivity index (χ4n) is 3.68. The van der Waals surface area contributed by atoms with Gasteiger partial charge in [0.2, 0.25) is 15.9 Å². The van der Waals surface area contributed by atoms with E-state index < -0.39 is 10.0 Å². The van der Waals surface area contributed by atoms with Gasteiger partial charge >= 0.3 is 0 Å². The van der Waals surface area contributed by atoms with Crippen molar-refractivity contribution < 1.29 is 13.2 Å². The summed E-state index contributed by atoms with van der Waals surface area (Å²) >= 11 is 0. The average molecular weight is 414 g/mol. The minimum absolute atomic E-state index is 0.136. The maximum atomic E-state index is 12.8. The van der Waals surface area contributed by atoms with Crippen molar-refractivity contribution in [3.63, 3.8) is 0 Å². The minimum Gasteiger partial charge on any atom is -0.476 e. The molecule has 1 aromatic carbocycles. The lowest BCUT2D eigenvalue weighted by atomic mass is 10.1. The Bertz CT molecular complexity index is 1140. The van der Waals surface area contributed by atoms with Crippen LogP contribution in [0.4, 0.5) is 0 Å². The average Bonchev–Trinajstić information content (AvgIpc) is 3.28. The van der Waals surface area contributed by atoms with Gasteiger partial charge in [0.05, 0.1) is 11.5 Å². The SMILES string of the molecule is Cc1ccc(S(=O)(=O)N2CCC(COc3ccc4nnc(C5CC5)n4n3)C2)cc1. The van der Waals surface area contributed by atoms with E-state index in [9.17, 15) is 8.42 Å². The van der Waals surface area contributed by atoms with Crippen LogP contribution in [0.25, 0.3) is 5.65 Å². The number of hydrogen-bond acceptors (Lipinski definition) is 6. The van der Waals surface area contributed by atoms with E-state index in [0.29, 0.717) is 36.4 Å². The molecule has 29 heavy (non-hydrogen) atoms. The van der Waals surface area contributed by atoms with E-state index in [1.54, 1.807) is 27.0 Å². The van der Waals surface area contributed by atoms with Gasteiger partial charge in [0, 0.05) is 31.0 Å². The Labute approximate surface area is 169 Å². The standard InChI is InChI=1S/C20H23N5O3S/c1-14-2-6-17(7-3-14)29(26,27)24-11-10-15(12-24)13-28-19-9-8-18-21-22-20(16-4-5-16)25(18)23-19/h2-3,6-9,15-16H,4-5,10-13H2,1H3. The number of rotatable bonds is 6. The first-order chi connectivity index (χ1) is 14.0. The molecule has 1 saturated carbocycles. The summed E-state index contributed by atoms with van der Waals surface area (Å²) < 4.78 is 34.9. The molecule has 3 heterocycles. The number of nitrogens with zero attached hydrogens (tertiary/aromatic N) is 5. The van der Waals surface area contributed by atoms with Crippen molar-refractivity contribution in [2.45, 2.75) is 37.0 Å². The quantitative estimate of drug-likeness (QED) is 0.616. The molecule has 1 atom stereocenters. The van der Waals surface area contributed by atoms with Crippen molar-refractivity contribution in [1.29, 1.82) is 0 Å². The lowest BCUT2D eigenvalue weighted by molar-refractivity contribution is 0.243. The first-order valence-corrected chi connectivity index (χ1v) is 11.4. The lowest BCUT2D eigenvalue weighted by Gasteiger charge is -2.17.